The molecule has 1 N–H and O–H groups in total. The molecule has 0 saturated carbocycles. The Labute approximate surface area is 156 Å². The lowest BCUT2D eigenvalue weighted by molar-refractivity contribution is -0.385. The highest BCUT2D eigenvalue weighted by Gasteiger charge is 2.27. The van der Waals surface area contributed by atoms with E-state index in [2.05, 4.69) is 10.5 Å². The van der Waals surface area contributed by atoms with Gasteiger partial charge in [-0.1, -0.05) is 13.8 Å². The van der Waals surface area contributed by atoms with Gasteiger partial charge in [0.2, 0.25) is 10.0 Å². The molecule has 2 aromatic rings. The number of nitrogens with one attached hydrogen (secondary N) is 1. The number of nitro benzene ring substituents is 1. The first-order valence-corrected chi connectivity index (χ1v) is 10.2. The smallest absolute Gasteiger partial charge is 0.270 e. The van der Waals surface area contributed by atoms with Gasteiger partial charge in [-0.05, 0) is 30.0 Å². The molecule has 0 saturated heterocycles. The topological polar surface area (TPSA) is 105 Å². The lowest BCUT2D eigenvalue weighted by atomic mass is 10.3. The highest BCUT2D eigenvalue weighted by Crippen LogP contribution is 2.29. The molecule has 0 aliphatic heterocycles. The van der Waals surface area contributed by atoms with Crippen molar-refractivity contribution in [3.8, 4) is 0 Å². The Bertz CT molecular complexity index is 918. The molecular weight excluding hydrogens is 376 g/mol. The Morgan fingerprint density at radius 1 is 1.31 bits per heavy atom. The van der Waals surface area contributed by atoms with Crippen LogP contribution in [0.15, 0.2) is 39.6 Å². The van der Waals surface area contributed by atoms with E-state index in [1.807, 2.05) is 18.4 Å². The molecule has 1 aromatic heterocycles. The number of benzene rings is 1. The fourth-order valence-electron chi connectivity index (χ4n) is 2.31. The van der Waals surface area contributed by atoms with Crippen LogP contribution >= 0.6 is 11.3 Å². The number of aryl methyl sites for hydroxylation is 1. The summed E-state index contributed by atoms with van der Waals surface area (Å²) in [5, 5.41) is 17.1. The molecule has 0 bridgehead atoms. The number of anilines is 1. The van der Waals surface area contributed by atoms with Gasteiger partial charge in [0.1, 0.15) is 4.90 Å². The minimum absolute atomic E-state index is 0.171. The van der Waals surface area contributed by atoms with E-state index >= 15 is 0 Å². The second-order valence-corrected chi connectivity index (χ2v) is 8.22. The molecule has 1 heterocycles. The highest BCUT2D eigenvalue weighted by molar-refractivity contribution is 7.89. The number of nitro groups is 1. The summed E-state index contributed by atoms with van der Waals surface area (Å²) >= 11 is 1.51. The number of hydrogen-bond donors (Lipinski definition) is 1. The molecular formula is C16H20N4O4S2. The molecule has 0 fully saturated rings. The second-order valence-electron chi connectivity index (χ2n) is 5.36. The van der Waals surface area contributed by atoms with Crippen molar-refractivity contribution in [2.75, 3.05) is 18.5 Å². The number of non-ortho nitro benzene ring substituents is 1. The van der Waals surface area contributed by atoms with Crippen LogP contribution in [-0.4, -0.2) is 37.0 Å². The number of nitrogens with zero attached hydrogens (tertiary/aromatic N) is 3. The molecule has 1 aromatic carbocycles. The molecule has 0 atom stereocenters. The van der Waals surface area contributed by atoms with Gasteiger partial charge >= 0.3 is 0 Å². The molecule has 0 amide bonds. The Hall–Kier alpha value is -2.30. The largest absolute Gasteiger partial charge is 0.277 e. The molecule has 0 aliphatic carbocycles. The maximum atomic E-state index is 12.8. The number of rotatable bonds is 8. The van der Waals surface area contributed by atoms with Gasteiger partial charge in [-0.3, -0.25) is 15.5 Å². The zero-order valence-corrected chi connectivity index (χ0v) is 16.3. The second kappa shape index (κ2) is 8.39. The van der Waals surface area contributed by atoms with E-state index < -0.39 is 14.9 Å². The summed E-state index contributed by atoms with van der Waals surface area (Å²) in [6, 6.07) is 5.61. The molecule has 8 nitrogen and oxygen atoms in total. The van der Waals surface area contributed by atoms with E-state index in [-0.39, 0.29) is 29.4 Å². The Morgan fingerprint density at radius 2 is 2.00 bits per heavy atom. The Kier molecular flexibility index (Phi) is 6.46. The maximum absolute atomic E-state index is 12.8. The van der Waals surface area contributed by atoms with Crippen molar-refractivity contribution < 1.29 is 13.3 Å². The fourth-order valence-corrected chi connectivity index (χ4v) is 4.72. The zero-order valence-electron chi connectivity index (χ0n) is 14.7. The fraction of sp³-hybridized carbons (Fsp3) is 0.312. The quantitative estimate of drug-likeness (QED) is 0.418. The molecule has 0 spiro atoms. The van der Waals surface area contributed by atoms with Crippen molar-refractivity contribution in [3.63, 3.8) is 0 Å². The Balaban J connectivity index is 2.44. The lowest BCUT2D eigenvalue weighted by Crippen LogP contribution is -2.31. The number of hydrazone groups is 1. The van der Waals surface area contributed by atoms with Crippen molar-refractivity contribution in [1.29, 1.82) is 0 Å². The van der Waals surface area contributed by atoms with Crippen LogP contribution in [0.2, 0.25) is 0 Å². The van der Waals surface area contributed by atoms with E-state index in [0.717, 1.165) is 16.5 Å². The average molecular weight is 396 g/mol. The molecule has 26 heavy (non-hydrogen) atoms. The monoisotopic (exact) mass is 396 g/mol. The molecule has 0 unspecified atom stereocenters. The zero-order chi connectivity index (χ0) is 19.3. The molecule has 2 rings (SSSR count). The van der Waals surface area contributed by atoms with Gasteiger partial charge in [0, 0.05) is 30.1 Å². The first-order valence-electron chi connectivity index (χ1n) is 7.93. The standard InChI is InChI=1S/C16H20N4O4S2/c1-4-19(5-2)26(23,24)16-10-13(20(21)22)6-7-14(16)18-17-11-15-12(3)8-9-25-15/h6-11,18H,4-5H2,1-3H3/b17-11+. The van der Waals surface area contributed by atoms with Gasteiger partial charge in [0.25, 0.3) is 5.69 Å². The summed E-state index contributed by atoms with van der Waals surface area (Å²) in [5.74, 6) is 0. The van der Waals surface area contributed by atoms with Crippen LogP contribution in [-0.2, 0) is 10.0 Å². The van der Waals surface area contributed by atoms with Crippen LogP contribution in [0.1, 0.15) is 24.3 Å². The predicted molar refractivity (Wildman–Crippen MR) is 103 cm³/mol. The summed E-state index contributed by atoms with van der Waals surface area (Å²) < 4.78 is 26.9. The molecule has 0 aliphatic rings. The van der Waals surface area contributed by atoms with Crippen LogP contribution in [0.25, 0.3) is 0 Å². The summed E-state index contributed by atoms with van der Waals surface area (Å²) in [4.78, 5) is 11.2. The van der Waals surface area contributed by atoms with Gasteiger partial charge < -0.3 is 0 Å². The van der Waals surface area contributed by atoms with Gasteiger partial charge in [-0.25, -0.2) is 8.42 Å². The van der Waals surface area contributed by atoms with Crippen LogP contribution in [0.3, 0.4) is 0 Å². The van der Waals surface area contributed by atoms with Crippen molar-refractivity contribution in [2.45, 2.75) is 25.7 Å². The predicted octanol–water partition coefficient (Wildman–Crippen LogP) is 3.44. The van der Waals surface area contributed by atoms with Gasteiger partial charge in [-0.15, -0.1) is 11.3 Å². The van der Waals surface area contributed by atoms with Crippen molar-refractivity contribution in [2.24, 2.45) is 5.10 Å². The van der Waals surface area contributed by atoms with Gasteiger partial charge in [0.15, 0.2) is 0 Å². The third-order valence-corrected chi connectivity index (χ3v) is 6.81. The highest BCUT2D eigenvalue weighted by atomic mass is 32.2. The number of sulfonamides is 1. The molecule has 10 heteroatoms. The van der Waals surface area contributed by atoms with E-state index in [0.29, 0.717) is 0 Å². The maximum Gasteiger partial charge on any atom is 0.270 e. The minimum Gasteiger partial charge on any atom is -0.277 e. The van der Waals surface area contributed by atoms with Crippen molar-refractivity contribution in [3.05, 3.63) is 50.2 Å². The summed E-state index contributed by atoms with van der Waals surface area (Å²) in [5.41, 5.74) is 3.65. The Morgan fingerprint density at radius 3 is 2.54 bits per heavy atom. The van der Waals surface area contributed by atoms with E-state index in [1.165, 1.54) is 27.8 Å². The summed E-state index contributed by atoms with van der Waals surface area (Å²) in [6.07, 6.45) is 1.59. The molecule has 140 valence electrons. The van der Waals surface area contributed by atoms with Crippen LogP contribution in [0.5, 0.6) is 0 Å². The average Bonchev–Trinajstić information content (AvgIpc) is 3.00. The van der Waals surface area contributed by atoms with Crippen molar-refractivity contribution in [1.82, 2.24) is 4.31 Å². The SMILES string of the molecule is CCN(CC)S(=O)(=O)c1cc([N+](=O)[O-])ccc1N/N=C/c1sccc1C. The first kappa shape index (κ1) is 20.0. The first-order chi connectivity index (χ1) is 12.3. The minimum atomic E-state index is -3.89. The normalized spacial score (nSPS) is 12.0. The lowest BCUT2D eigenvalue weighted by Gasteiger charge is -2.20. The van der Waals surface area contributed by atoms with E-state index in [4.69, 9.17) is 0 Å². The van der Waals surface area contributed by atoms with Gasteiger partial charge in [0.05, 0.1) is 16.8 Å². The van der Waals surface area contributed by atoms with Crippen molar-refractivity contribution >= 4 is 38.9 Å². The summed E-state index contributed by atoms with van der Waals surface area (Å²) in [7, 11) is -3.89. The summed E-state index contributed by atoms with van der Waals surface area (Å²) in [6.45, 7) is 5.89. The van der Waals surface area contributed by atoms with Crippen LogP contribution < -0.4 is 5.43 Å². The van der Waals surface area contributed by atoms with Crippen LogP contribution in [0, 0.1) is 17.0 Å². The number of thiophene rings is 1. The van der Waals surface area contributed by atoms with E-state index in [9.17, 15) is 18.5 Å². The third-order valence-electron chi connectivity index (χ3n) is 3.77. The molecule has 0 radical (unpaired) electrons. The van der Waals surface area contributed by atoms with E-state index in [1.54, 1.807) is 20.1 Å². The van der Waals surface area contributed by atoms with Crippen LogP contribution in [0.4, 0.5) is 11.4 Å². The van der Waals surface area contributed by atoms with Gasteiger partial charge in [-0.2, -0.15) is 9.41 Å². The number of hydrogen-bond acceptors (Lipinski definition) is 7. The third kappa shape index (κ3) is 4.26.